The predicted octanol–water partition coefficient (Wildman–Crippen LogP) is -0.241. The number of carboxylic acids is 1. The molecule has 0 saturated carbocycles. The molecule has 19 heavy (non-hydrogen) atoms. The van der Waals surface area contributed by atoms with Crippen LogP contribution in [0.1, 0.15) is 0 Å². The number of carboxylic acid groups (broad SMARTS) is 1. The molecule has 1 aromatic carbocycles. The second-order valence-electron chi connectivity index (χ2n) is 3.56. The van der Waals surface area contributed by atoms with E-state index in [1.54, 1.807) is 6.07 Å². The Morgan fingerprint density at radius 2 is 2.21 bits per heavy atom. The van der Waals surface area contributed by atoms with Gasteiger partial charge in [-0.2, -0.15) is 0 Å². The molecule has 0 radical (unpaired) electrons. The van der Waals surface area contributed by atoms with Crippen molar-refractivity contribution in [2.24, 2.45) is 5.73 Å². The quantitative estimate of drug-likeness (QED) is 0.433. The molecule has 2 aromatic rings. The third kappa shape index (κ3) is 2.87. The van der Waals surface area contributed by atoms with Gasteiger partial charge in [-0.1, -0.05) is 0 Å². The van der Waals surface area contributed by atoms with Crippen LogP contribution >= 0.6 is 11.7 Å². The number of benzene rings is 1. The van der Waals surface area contributed by atoms with Crippen molar-refractivity contribution in [3.05, 3.63) is 22.2 Å². The van der Waals surface area contributed by atoms with Crippen LogP contribution in [0.4, 0.5) is 5.69 Å². The molecule has 8 nitrogen and oxygen atoms in total. The van der Waals surface area contributed by atoms with Crippen LogP contribution in [0.15, 0.2) is 12.1 Å². The first kappa shape index (κ1) is 13.8. The van der Waals surface area contributed by atoms with Crippen molar-refractivity contribution in [2.75, 3.05) is 0 Å². The molecule has 0 aliphatic heterocycles. The molecule has 0 aliphatic carbocycles. The summed E-state index contributed by atoms with van der Waals surface area (Å²) in [7, 11) is 0. The molecule has 1 atom stereocenters. The summed E-state index contributed by atoms with van der Waals surface area (Å²) in [5.74, 6) is -1.06. The van der Waals surface area contributed by atoms with E-state index in [1.807, 2.05) is 0 Å². The standard InChI is InChI=1S/C9H8N4O4SSe/c10-4(9(14)15)3-19-6-2-1-5(13(16)17)7-8(6)12-18-11-7/h1-2,4H,3,10H2,(H,14,15). The maximum absolute atomic E-state index is 10.8. The molecule has 0 fully saturated rings. The summed E-state index contributed by atoms with van der Waals surface area (Å²) >= 11 is 0.676. The summed E-state index contributed by atoms with van der Waals surface area (Å²) in [5, 5.41) is 19.8. The van der Waals surface area contributed by atoms with Gasteiger partial charge in [0.2, 0.25) is 0 Å². The number of carbonyl (C=O) groups is 1. The van der Waals surface area contributed by atoms with Crippen molar-refractivity contribution in [1.29, 1.82) is 0 Å². The van der Waals surface area contributed by atoms with Gasteiger partial charge < -0.3 is 0 Å². The van der Waals surface area contributed by atoms with E-state index in [4.69, 9.17) is 10.8 Å². The van der Waals surface area contributed by atoms with Crippen LogP contribution in [0.2, 0.25) is 5.32 Å². The average molecular weight is 347 g/mol. The Hall–Kier alpha value is -1.61. The van der Waals surface area contributed by atoms with E-state index in [1.165, 1.54) is 6.07 Å². The van der Waals surface area contributed by atoms with Gasteiger partial charge in [-0.15, -0.1) is 0 Å². The first-order valence-corrected chi connectivity index (χ1v) is 7.81. The van der Waals surface area contributed by atoms with Gasteiger partial charge in [0, 0.05) is 0 Å². The SMILES string of the molecule is NC(C[Se]c1ccc([N+](=O)[O-])c2nsnc12)C(=O)O. The van der Waals surface area contributed by atoms with Gasteiger partial charge >= 0.3 is 117 Å². The van der Waals surface area contributed by atoms with Crippen LogP contribution in [-0.4, -0.2) is 45.7 Å². The van der Waals surface area contributed by atoms with Gasteiger partial charge in [0.15, 0.2) is 0 Å². The molecule has 100 valence electrons. The summed E-state index contributed by atoms with van der Waals surface area (Å²) in [6.07, 6.45) is 0. The van der Waals surface area contributed by atoms with E-state index in [0.717, 1.165) is 16.2 Å². The van der Waals surface area contributed by atoms with Gasteiger partial charge in [-0.25, -0.2) is 0 Å². The summed E-state index contributed by atoms with van der Waals surface area (Å²) < 4.78 is 8.73. The summed E-state index contributed by atoms with van der Waals surface area (Å²) in [4.78, 5) is 21.0. The van der Waals surface area contributed by atoms with E-state index in [-0.39, 0.29) is 26.2 Å². The monoisotopic (exact) mass is 348 g/mol. The number of aromatic nitrogens is 2. The molecule has 0 aliphatic rings. The maximum atomic E-state index is 10.8. The second-order valence-corrected chi connectivity index (χ2v) is 6.31. The van der Waals surface area contributed by atoms with Crippen LogP contribution < -0.4 is 10.2 Å². The minimum absolute atomic E-state index is 0.0918. The van der Waals surface area contributed by atoms with Crippen molar-refractivity contribution < 1.29 is 14.8 Å². The Morgan fingerprint density at radius 1 is 1.53 bits per heavy atom. The van der Waals surface area contributed by atoms with Gasteiger partial charge in [0.25, 0.3) is 0 Å². The molecule has 1 unspecified atom stereocenters. The summed E-state index contributed by atoms with van der Waals surface area (Å²) in [5.41, 5.74) is 6.06. The Balaban J connectivity index is 2.30. The van der Waals surface area contributed by atoms with E-state index < -0.39 is 16.9 Å². The van der Waals surface area contributed by atoms with Gasteiger partial charge in [0.05, 0.1) is 0 Å². The molecule has 1 aromatic heterocycles. The van der Waals surface area contributed by atoms with E-state index in [0.29, 0.717) is 10.8 Å². The van der Waals surface area contributed by atoms with Crippen molar-refractivity contribution in [1.82, 2.24) is 8.75 Å². The number of non-ortho nitro benzene ring substituents is 1. The van der Waals surface area contributed by atoms with E-state index in [2.05, 4.69) is 8.75 Å². The van der Waals surface area contributed by atoms with E-state index in [9.17, 15) is 14.9 Å². The van der Waals surface area contributed by atoms with E-state index >= 15 is 0 Å². The van der Waals surface area contributed by atoms with Crippen molar-refractivity contribution in [2.45, 2.75) is 11.4 Å². The summed E-state index contributed by atoms with van der Waals surface area (Å²) in [6, 6.07) is 2.03. The predicted molar refractivity (Wildman–Crippen MR) is 69.9 cm³/mol. The average Bonchev–Trinajstić information content (AvgIpc) is 2.83. The normalized spacial score (nSPS) is 12.5. The number of hydrogen-bond acceptors (Lipinski definition) is 7. The fraction of sp³-hybridized carbons (Fsp3) is 0.222. The van der Waals surface area contributed by atoms with Crippen LogP contribution in [0.25, 0.3) is 11.0 Å². The Labute approximate surface area is 117 Å². The number of nitrogens with zero attached hydrogens (tertiary/aromatic N) is 3. The van der Waals surface area contributed by atoms with Crippen LogP contribution in [-0.2, 0) is 4.79 Å². The van der Waals surface area contributed by atoms with Crippen molar-refractivity contribution in [3.8, 4) is 0 Å². The minimum atomic E-state index is -1.06. The molecule has 0 spiro atoms. The molecular formula is C9H8N4O4SSe. The van der Waals surface area contributed by atoms with Gasteiger partial charge in [0.1, 0.15) is 0 Å². The second kappa shape index (κ2) is 5.57. The zero-order valence-electron chi connectivity index (χ0n) is 9.35. The fourth-order valence-corrected chi connectivity index (χ4v) is 4.03. The third-order valence-corrected chi connectivity index (χ3v) is 5.26. The third-order valence-electron chi connectivity index (χ3n) is 2.29. The number of aliphatic carboxylic acids is 1. The Bertz CT molecular complexity index is 646. The Morgan fingerprint density at radius 3 is 2.84 bits per heavy atom. The fourth-order valence-electron chi connectivity index (χ4n) is 1.35. The molecular weight excluding hydrogens is 339 g/mol. The molecule has 0 saturated heterocycles. The van der Waals surface area contributed by atoms with Gasteiger partial charge in [-0.3, -0.25) is 0 Å². The number of nitro groups is 1. The number of hydrogen-bond donors (Lipinski definition) is 2. The zero-order chi connectivity index (χ0) is 14.0. The zero-order valence-corrected chi connectivity index (χ0v) is 11.9. The number of fused-ring (bicyclic) bond motifs is 1. The summed E-state index contributed by atoms with van der Waals surface area (Å²) in [6.45, 7) is 0. The molecule has 0 amide bonds. The topological polar surface area (TPSA) is 132 Å². The first-order valence-electron chi connectivity index (χ1n) is 5.01. The van der Waals surface area contributed by atoms with Crippen LogP contribution in [0.3, 0.4) is 0 Å². The Kier molecular flexibility index (Phi) is 4.05. The first-order chi connectivity index (χ1) is 9.00. The van der Waals surface area contributed by atoms with Crippen molar-refractivity contribution >= 4 is 53.8 Å². The number of nitro benzene ring substituents is 1. The number of rotatable bonds is 5. The van der Waals surface area contributed by atoms with Crippen LogP contribution in [0.5, 0.6) is 0 Å². The number of nitrogens with two attached hydrogens (primary N) is 1. The molecule has 1 heterocycles. The van der Waals surface area contributed by atoms with Crippen LogP contribution in [0, 0.1) is 10.1 Å². The molecule has 3 N–H and O–H groups in total. The van der Waals surface area contributed by atoms with Gasteiger partial charge in [-0.05, 0) is 0 Å². The molecule has 2 rings (SSSR count). The van der Waals surface area contributed by atoms with Crippen molar-refractivity contribution in [3.63, 3.8) is 0 Å². The molecule has 0 bridgehead atoms. The molecule has 10 heteroatoms.